The van der Waals surface area contributed by atoms with Gasteiger partial charge >= 0.3 is 0 Å². The van der Waals surface area contributed by atoms with E-state index in [0.29, 0.717) is 32.3 Å². The van der Waals surface area contributed by atoms with E-state index in [1.54, 1.807) is 0 Å². The van der Waals surface area contributed by atoms with Gasteiger partial charge in [0.1, 0.15) is 0 Å². The van der Waals surface area contributed by atoms with E-state index in [9.17, 15) is 4.79 Å². The number of anilines is 1. The number of amides is 1. The molecule has 0 unspecified atom stereocenters. The van der Waals surface area contributed by atoms with Crippen LogP contribution in [0.15, 0.2) is 24.3 Å². The first-order valence-corrected chi connectivity index (χ1v) is 9.47. The van der Waals surface area contributed by atoms with Crippen molar-refractivity contribution in [2.24, 2.45) is 5.92 Å². The summed E-state index contributed by atoms with van der Waals surface area (Å²) in [5, 5.41) is 0. The van der Waals surface area contributed by atoms with Gasteiger partial charge in [-0.1, -0.05) is 6.92 Å². The fourth-order valence-corrected chi connectivity index (χ4v) is 3.73. The third kappa shape index (κ3) is 4.53. The highest BCUT2D eigenvalue weighted by Crippen LogP contribution is 2.20. The molecule has 1 aromatic carbocycles. The first-order chi connectivity index (χ1) is 12.0. The fourth-order valence-electron chi connectivity index (χ4n) is 3.73. The largest absolute Gasteiger partial charge is 0.378 e. The SMILES string of the molecule is C[C@H]1CCN(C[C@H](C)N(C)c2ccc(C(=O)N3CCOCC3)cc2)C1. The molecule has 25 heavy (non-hydrogen) atoms. The normalized spacial score (nSPS) is 22.8. The van der Waals surface area contributed by atoms with Crippen LogP contribution in [0, 0.1) is 5.92 Å². The number of likely N-dealkylation sites (N-methyl/N-ethyl adjacent to an activating group) is 1. The molecule has 3 rings (SSSR count). The van der Waals surface area contributed by atoms with Gasteiger partial charge in [-0.25, -0.2) is 0 Å². The summed E-state index contributed by atoms with van der Waals surface area (Å²) < 4.78 is 5.32. The summed E-state index contributed by atoms with van der Waals surface area (Å²) in [5.74, 6) is 0.930. The van der Waals surface area contributed by atoms with Gasteiger partial charge in [0, 0.05) is 50.5 Å². The van der Waals surface area contributed by atoms with Gasteiger partial charge < -0.3 is 19.4 Å². The van der Waals surface area contributed by atoms with Crippen LogP contribution in [0.1, 0.15) is 30.6 Å². The van der Waals surface area contributed by atoms with E-state index >= 15 is 0 Å². The molecule has 5 nitrogen and oxygen atoms in total. The minimum absolute atomic E-state index is 0.108. The van der Waals surface area contributed by atoms with Crippen LogP contribution in [0.25, 0.3) is 0 Å². The second-order valence-electron chi connectivity index (χ2n) is 7.56. The number of morpholine rings is 1. The van der Waals surface area contributed by atoms with Crippen LogP contribution < -0.4 is 4.90 Å². The number of hydrogen-bond acceptors (Lipinski definition) is 4. The maximum absolute atomic E-state index is 12.5. The third-order valence-corrected chi connectivity index (χ3v) is 5.51. The molecule has 2 saturated heterocycles. The lowest BCUT2D eigenvalue weighted by atomic mass is 10.1. The Balaban J connectivity index is 1.58. The van der Waals surface area contributed by atoms with Gasteiger partial charge in [0.15, 0.2) is 0 Å². The molecule has 0 bridgehead atoms. The van der Waals surface area contributed by atoms with Gasteiger partial charge in [-0.2, -0.15) is 0 Å². The number of ether oxygens (including phenoxy) is 1. The average Bonchev–Trinajstić information content (AvgIpc) is 3.06. The molecule has 0 aliphatic carbocycles. The van der Waals surface area contributed by atoms with Gasteiger partial charge in [0.05, 0.1) is 13.2 Å². The molecule has 0 radical (unpaired) electrons. The van der Waals surface area contributed by atoms with Crippen LogP contribution in [0.4, 0.5) is 5.69 Å². The smallest absolute Gasteiger partial charge is 0.254 e. The first-order valence-electron chi connectivity index (χ1n) is 9.47. The predicted octanol–water partition coefficient (Wildman–Crippen LogP) is 2.33. The number of carbonyl (C=O) groups excluding carboxylic acids is 1. The molecule has 5 heteroatoms. The van der Waals surface area contributed by atoms with E-state index in [1.165, 1.54) is 25.2 Å². The quantitative estimate of drug-likeness (QED) is 0.821. The molecule has 0 spiro atoms. The van der Waals surface area contributed by atoms with Gasteiger partial charge in [0.2, 0.25) is 0 Å². The Kier molecular flexibility index (Phi) is 5.97. The Morgan fingerprint density at radius 1 is 1.24 bits per heavy atom. The van der Waals surface area contributed by atoms with Crippen molar-refractivity contribution < 1.29 is 9.53 Å². The Morgan fingerprint density at radius 2 is 1.92 bits per heavy atom. The van der Waals surface area contributed by atoms with Crippen LogP contribution in [-0.4, -0.2) is 74.7 Å². The van der Waals surface area contributed by atoms with E-state index in [-0.39, 0.29) is 5.91 Å². The summed E-state index contributed by atoms with van der Waals surface area (Å²) >= 11 is 0. The van der Waals surface area contributed by atoms with E-state index in [4.69, 9.17) is 4.74 Å². The zero-order chi connectivity index (χ0) is 17.8. The van der Waals surface area contributed by atoms with E-state index in [1.807, 2.05) is 17.0 Å². The summed E-state index contributed by atoms with van der Waals surface area (Å²) in [6, 6.07) is 8.49. The topological polar surface area (TPSA) is 36.0 Å². The number of benzene rings is 1. The maximum atomic E-state index is 12.5. The fraction of sp³-hybridized carbons (Fsp3) is 0.650. The summed E-state index contributed by atoms with van der Waals surface area (Å²) in [6.07, 6.45) is 1.31. The highest BCUT2D eigenvalue weighted by molar-refractivity contribution is 5.94. The molecule has 2 aliphatic heterocycles. The van der Waals surface area contributed by atoms with Crippen molar-refractivity contribution in [3.8, 4) is 0 Å². The monoisotopic (exact) mass is 345 g/mol. The molecule has 2 fully saturated rings. The van der Waals surface area contributed by atoms with Crippen molar-refractivity contribution in [1.29, 1.82) is 0 Å². The standard InChI is InChI=1S/C20H31N3O2/c1-16-8-9-22(14-16)15-17(2)21(3)19-6-4-18(5-7-19)20(24)23-10-12-25-13-11-23/h4-7,16-17H,8-15H2,1-3H3/t16-,17-/m0/s1. The lowest BCUT2D eigenvalue weighted by Crippen LogP contribution is -2.41. The van der Waals surface area contributed by atoms with Gasteiger partial charge in [-0.05, 0) is 50.1 Å². The Hall–Kier alpha value is -1.59. The van der Waals surface area contributed by atoms with Crippen LogP contribution in [0.3, 0.4) is 0 Å². The second kappa shape index (κ2) is 8.19. The van der Waals surface area contributed by atoms with Crippen LogP contribution in [0.5, 0.6) is 0 Å². The lowest BCUT2D eigenvalue weighted by Gasteiger charge is -2.31. The van der Waals surface area contributed by atoms with Crippen LogP contribution in [-0.2, 0) is 4.74 Å². The zero-order valence-electron chi connectivity index (χ0n) is 15.8. The van der Waals surface area contributed by atoms with Crippen molar-refractivity contribution in [3.63, 3.8) is 0 Å². The molecule has 1 aromatic rings. The summed E-state index contributed by atoms with van der Waals surface area (Å²) in [7, 11) is 2.14. The van der Waals surface area contributed by atoms with Gasteiger partial charge in [0.25, 0.3) is 5.91 Å². The highest BCUT2D eigenvalue weighted by Gasteiger charge is 2.22. The van der Waals surface area contributed by atoms with Crippen LogP contribution in [0.2, 0.25) is 0 Å². The van der Waals surface area contributed by atoms with E-state index in [0.717, 1.165) is 18.0 Å². The summed E-state index contributed by atoms with van der Waals surface area (Å²) in [5.41, 5.74) is 1.93. The molecule has 1 amide bonds. The zero-order valence-corrected chi connectivity index (χ0v) is 15.8. The lowest BCUT2D eigenvalue weighted by molar-refractivity contribution is 0.0303. The predicted molar refractivity (Wildman–Crippen MR) is 101 cm³/mol. The minimum Gasteiger partial charge on any atom is -0.378 e. The number of likely N-dealkylation sites (tertiary alicyclic amines) is 1. The Labute approximate surface area is 151 Å². The Morgan fingerprint density at radius 3 is 2.52 bits per heavy atom. The molecule has 0 N–H and O–H groups in total. The van der Waals surface area contributed by atoms with Crippen molar-refractivity contribution in [3.05, 3.63) is 29.8 Å². The van der Waals surface area contributed by atoms with E-state index in [2.05, 4.69) is 42.8 Å². The molecule has 0 aromatic heterocycles. The molecule has 2 atom stereocenters. The van der Waals surface area contributed by atoms with Gasteiger partial charge in [-0.15, -0.1) is 0 Å². The second-order valence-corrected chi connectivity index (χ2v) is 7.56. The maximum Gasteiger partial charge on any atom is 0.254 e. The average molecular weight is 345 g/mol. The summed E-state index contributed by atoms with van der Waals surface area (Å²) in [6.45, 7) is 10.8. The van der Waals surface area contributed by atoms with E-state index < -0.39 is 0 Å². The number of carbonyl (C=O) groups is 1. The Bertz CT molecular complexity index is 569. The first kappa shape index (κ1) is 18.2. The third-order valence-electron chi connectivity index (χ3n) is 5.51. The molecular weight excluding hydrogens is 314 g/mol. The van der Waals surface area contributed by atoms with Crippen molar-refractivity contribution in [1.82, 2.24) is 9.80 Å². The number of nitrogens with zero attached hydrogens (tertiary/aromatic N) is 3. The molecular formula is C20H31N3O2. The molecule has 0 saturated carbocycles. The minimum atomic E-state index is 0.108. The molecule has 2 aliphatic rings. The van der Waals surface area contributed by atoms with Crippen LogP contribution >= 0.6 is 0 Å². The molecule has 2 heterocycles. The summed E-state index contributed by atoms with van der Waals surface area (Å²) in [4.78, 5) is 19.3. The van der Waals surface area contributed by atoms with Gasteiger partial charge in [-0.3, -0.25) is 4.79 Å². The van der Waals surface area contributed by atoms with Crippen molar-refractivity contribution in [2.45, 2.75) is 26.3 Å². The van der Waals surface area contributed by atoms with Crippen molar-refractivity contribution in [2.75, 3.05) is 57.9 Å². The number of hydrogen-bond donors (Lipinski definition) is 0. The molecule has 138 valence electrons. The van der Waals surface area contributed by atoms with Crippen molar-refractivity contribution >= 4 is 11.6 Å². The highest BCUT2D eigenvalue weighted by atomic mass is 16.5. The number of rotatable bonds is 5.